The van der Waals surface area contributed by atoms with E-state index in [4.69, 9.17) is 18.9 Å². The lowest BCUT2D eigenvalue weighted by Gasteiger charge is -2.43. The molecule has 0 saturated carbocycles. The zero-order valence-electron chi connectivity index (χ0n) is 23.4. The fourth-order valence-electron chi connectivity index (χ4n) is 5.79. The van der Waals surface area contributed by atoms with Crippen molar-refractivity contribution >= 4 is 44.5 Å². The number of carbonyl (C=O) groups excluding carboxylic acids is 2. The third kappa shape index (κ3) is 4.27. The van der Waals surface area contributed by atoms with Gasteiger partial charge in [-0.1, -0.05) is 42.5 Å². The lowest BCUT2D eigenvalue weighted by molar-refractivity contribution is -0.168. The van der Waals surface area contributed by atoms with E-state index in [1.165, 1.54) is 14.0 Å². The number of rotatable bonds is 4. The van der Waals surface area contributed by atoms with Crippen molar-refractivity contribution in [1.82, 2.24) is 4.57 Å². The summed E-state index contributed by atoms with van der Waals surface area (Å²) >= 11 is 0. The highest BCUT2D eigenvalue weighted by Gasteiger charge is 2.50. The minimum atomic E-state index is -1.11. The molecule has 0 unspecified atom stereocenters. The van der Waals surface area contributed by atoms with Gasteiger partial charge in [-0.3, -0.25) is 9.59 Å². The Morgan fingerprint density at radius 2 is 1.59 bits per heavy atom. The SMILES string of the molecule is COc1cc2c(c3c1c(=O)c1cc4ccccc4cc1n3C)[C@@H](OC(C)=O)[C@@H](OC(=O)c1ccccc1)C(C)(C)O2. The highest BCUT2D eigenvalue weighted by atomic mass is 16.6. The Labute approximate surface area is 236 Å². The fraction of sp³-hybridized carbons (Fsp3) is 0.242. The van der Waals surface area contributed by atoms with Crippen LogP contribution in [0.25, 0.3) is 32.6 Å². The van der Waals surface area contributed by atoms with E-state index in [1.54, 1.807) is 50.2 Å². The standard InChI is InChI=1S/C33H29NO7/c1-18(35)39-30-27-25(41-33(2,3)31(30)40-32(37)19-11-7-6-8-12-19)17-24(38-5)26-28(27)34(4)23-16-21-14-10-9-13-20(21)15-22(23)29(26)36/h6-17,30-31H,1-5H3/t30-,31-/m1/s1. The van der Waals surface area contributed by atoms with E-state index in [-0.39, 0.29) is 5.43 Å². The molecular weight excluding hydrogens is 522 g/mol. The van der Waals surface area contributed by atoms with Crippen LogP contribution in [0.2, 0.25) is 0 Å². The van der Waals surface area contributed by atoms with Crippen molar-refractivity contribution in [2.45, 2.75) is 38.6 Å². The molecule has 0 amide bonds. The molecule has 8 heteroatoms. The Hall–Kier alpha value is -4.85. The molecule has 1 aliphatic rings. The average Bonchev–Trinajstić information content (AvgIpc) is 2.95. The normalized spacial score (nSPS) is 17.6. The average molecular weight is 552 g/mol. The molecule has 5 aromatic rings. The summed E-state index contributed by atoms with van der Waals surface area (Å²) < 4.78 is 26.0. The summed E-state index contributed by atoms with van der Waals surface area (Å²) in [6.45, 7) is 4.82. The minimum absolute atomic E-state index is 0.234. The first-order chi connectivity index (χ1) is 19.6. The Morgan fingerprint density at radius 1 is 0.927 bits per heavy atom. The zero-order chi connectivity index (χ0) is 29.1. The summed E-state index contributed by atoms with van der Waals surface area (Å²) in [7, 11) is 3.33. The van der Waals surface area contributed by atoms with E-state index in [2.05, 4.69) is 0 Å². The number of esters is 2. The summed E-state index contributed by atoms with van der Waals surface area (Å²) in [5.74, 6) is -0.462. The van der Waals surface area contributed by atoms with Crippen LogP contribution in [-0.4, -0.2) is 35.3 Å². The Bertz CT molecular complexity index is 1920. The van der Waals surface area contributed by atoms with E-state index < -0.39 is 29.7 Å². The summed E-state index contributed by atoms with van der Waals surface area (Å²) in [4.78, 5) is 39.9. The van der Waals surface area contributed by atoms with Crippen LogP contribution in [0, 0.1) is 0 Å². The van der Waals surface area contributed by atoms with Gasteiger partial charge in [0.2, 0.25) is 5.43 Å². The number of hydrogen-bond acceptors (Lipinski definition) is 7. The van der Waals surface area contributed by atoms with Gasteiger partial charge >= 0.3 is 11.9 Å². The molecule has 41 heavy (non-hydrogen) atoms. The van der Waals surface area contributed by atoms with E-state index in [1.807, 2.05) is 48.0 Å². The van der Waals surface area contributed by atoms with Gasteiger partial charge in [0, 0.05) is 25.4 Å². The van der Waals surface area contributed by atoms with Gasteiger partial charge in [0.15, 0.2) is 12.2 Å². The summed E-state index contributed by atoms with van der Waals surface area (Å²) in [5, 5.41) is 2.73. The molecule has 0 radical (unpaired) electrons. The Balaban J connectivity index is 1.67. The molecule has 1 aliphatic heterocycles. The molecule has 0 fully saturated rings. The van der Waals surface area contributed by atoms with E-state index in [0.717, 1.165) is 10.8 Å². The maximum atomic E-state index is 14.1. The number of ether oxygens (including phenoxy) is 4. The van der Waals surface area contributed by atoms with Gasteiger partial charge in [-0.05, 0) is 48.9 Å². The Morgan fingerprint density at radius 3 is 2.24 bits per heavy atom. The van der Waals surface area contributed by atoms with E-state index in [9.17, 15) is 14.4 Å². The lowest BCUT2D eigenvalue weighted by Crippen LogP contribution is -2.52. The quantitative estimate of drug-likeness (QED) is 0.204. The zero-order valence-corrected chi connectivity index (χ0v) is 23.4. The second-order valence-electron chi connectivity index (χ2n) is 10.7. The number of pyridine rings is 1. The molecule has 0 bridgehead atoms. The van der Waals surface area contributed by atoms with Crippen molar-refractivity contribution in [1.29, 1.82) is 0 Å². The number of hydrogen-bond donors (Lipinski definition) is 0. The molecule has 0 saturated heterocycles. The number of methoxy groups -OCH3 is 1. The highest BCUT2D eigenvalue weighted by molar-refractivity contribution is 6.04. The van der Waals surface area contributed by atoms with E-state index in [0.29, 0.717) is 44.4 Å². The largest absolute Gasteiger partial charge is 0.496 e. The number of fused-ring (bicyclic) bond motifs is 5. The first-order valence-corrected chi connectivity index (χ1v) is 13.3. The fourth-order valence-corrected chi connectivity index (χ4v) is 5.79. The van der Waals surface area contributed by atoms with Crippen LogP contribution in [0.1, 0.15) is 42.8 Å². The molecule has 2 heterocycles. The van der Waals surface area contributed by atoms with Gasteiger partial charge in [-0.25, -0.2) is 4.79 Å². The van der Waals surface area contributed by atoms with Crippen LogP contribution in [0.5, 0.6) is 11.5 Å². The maximum Gasteiger partial charge on any atom is 0.338 e. The molecule has 0 spiro atoms. The van der Waals surface area contributed by atoms with Crippen LogP contribution in [0.4, 0.5) is 0 Å². The second-order valence-corrected chi connectivity index (χ2v) is 10.7. The molecule has 6 rings (SSSR count). The van der Waals surface area contributed by atoms with Crippen LogP contribution in [-0.2, 0) is 21.3 Å². The van der Waals surface area contributed by atoms with Gasteiger partial charge in [-0.15, -0.1) is 0 Å². The van der Waals surface area contributed by atoms with Gasteiger partial charge < -0.3 is 23.5 Å². The number of nitrogens with zero attached hydrogens (tertiary/aromatic N) is 1. The predicted molar refractivity (Wildman–Crippen MR) is 156 cm³/mol. The topological polar surface area (TPSA) is 93.1 Å². The van der Waals surface area contributed by atoms with E-state index >= 15 is 0 Å². The van der Waals surface area contributed by atoms with Gasteiger partial charge in [0.1, 0.15) is 17.1 Å². The molecule has 8 nitrogen and oxygen atoms in total. The first-order valence-electron chi connectivity index (χ1n) is 13.3. The van der Waals surface area contributed by atoms with Crippen LogP contribution in [0.3, 0.4) is 0 Å². The smallest absolute Gasteiger partial charge is 0.338 e. The Kier molecular flexibility index (Phi) is 6.21. The summed E-state index contributed by atoms with van der Waals surface area (Å²) in [6, 6.07) is 21.9. The number of aromatic nitrogens is 1. The second kappa shape index (κ2) is 9.66. The molecule has 208 valence electrons. The molecule has 1 aromatic heterocycles. The number of carbonyl (C=O) groups is 2. The third-order valence-electron chi connectivity index (χ3n) is 7.67. The summed E-state index contributed by atoms with van der Waals surface area (Å²) in [5.41, 5.74) is 0.581. The van der Waals surface area contributed by atoms with Crippen molar-refractivity contribution in [3.8, 4) is 11.5 Å². The van der Waals surface area contributed by atoms with Gasteiger partial charge in [0.05, 0.1) is 34.7 Å². The molecule has 2 atom stereocenters. The molecule has 0 aliphatic carbocycles. The molecule has 4 aromatic carbocycles. The van der Waals surface area contributed by atoms with Crippen molar-refractivity contribution < 1.29 is 28.5 Å². The minimum Gasteiger partial charge on any atom is -0.496 e. The van der Waals surface area contributed by atoms with Crippen molar-refractivity contribution in [2.24, 2.45) is 7.05 Å². The highest BCUT2D eigenvalue weighted by Crippen LogP contribution is 2.49. The molecule has 0 N–H and O–H groups in total. The maximum absolute atomic E-state index is 14.1. The predicted octanol–water partition coefficient (Wildman–Crippen LogP) is 5.85. The summed E-state index contributed by atoms with van der Waals surface area (Å²) in [6.07, 6.45) is -2.11. The van der Waals surface area contributed by atoms with Crippen molar-refractivity contribution in [3.05, 3.63) is 94.1 Å². The van der Waals surface area contributed by atoms with Crippen LogP contribution in [0.15, 0.2) is 77.6 Å². The number of aryl methyl sites for hydroxylation is 1. The van der Waals surface area contributed by atoms with Gasteiger partial charge in [-0.2, -0.15) is 0 Å². The van der Waals surface area contributed by atoms with Crippen LogP contribution < -0.4 is 14.9 Å². The number of benzene rings is 4. The van der Waals surface area contributed by atoms with Crippen molar-refractivity contribution in [2.75, 3.05) is 7.11 Å². The van der Waals surface area contributed by atoms with Crippen LogP contribution >= 0.6 is 0 Å². The van der Waals surface area contributed by atoms with Crippen molar-refractivity contribution in [3.63, 3.8) is 0 Å². The molecular formula is C33H29NO7. The first kappa shape index (κ1) is 26.4. The van der Waals surface area contributed by atoms with Gasteiger partial charge in [0.25, 0.3) is 0 Å². The monoisotopic (exact) mass is 551 g/mol. The third-order valence-corrected chi connectivity index (χ3v) is 7.67. The lowest BCUT2D eigenvalue weighted by atomic mass is 9.86.